The molecule has 0 unspecified atom stereocenters. The van der Waals surface area contributed by atoms with Crippen LogP contribution in [0.5, 0.6) is 11.5 Å². The molecular weight excluding hydrogens is 332 g/mol. The van der Waals surface area contributed by atoms with Crippen molar-refractivity contribution in [3.05, 3.63) is 47.5 Å². The molecule has 0 aliphatic heterocycles. The van der Waals surface area contributed by atoms with Gasteiger partial charge in [-0.15, -0.1) is 0 Å². The summed E-state index contributed by atoms with van der Waals surface area (Å²) < 4.78 is 11.2. The van der Waals surface area contributed by atoms with Crippen LogP contribution in [0.2, 0.25) is 5.02 Å². The summed E-state index contributed by atoms with van der Waals surface area (Å²) in [6, 6.07) is 13.2. The molecule has 3 aromatic rings. The zero-order valence-corrected chi connectivity index (χ0v) is 14.3. The Balaban J connectivity index is 1.53. The smallest absolute Gasteiger partial charge is 0.166 e. The van der Waals surface area contributed by atoms with Crippen molar-refractivity contribution < 1.29 is 9.47 Å². The third-order valence-electron chi connectivity index (χ3n) is 3.15. The van der Waals surface area contributed by atoms with Crippen LogP contribution in [0.25, 0.3) is 11.0 Å². The molecule has 23 heavy (non-hydrogen) atoms. The molecule has 0 amide bonds. The highest BCUT2D eigenvalue weighted by molar-refractivity contribution is 7.99. The summed E-state index contributed by atoms with van der Waals surface area (Å²) in [4.78, 5) is 7.85. The van der Waals surface area contributed by atoms with Crippen LogP contribution in [0.15, 0.2) is 47.6 Å². The quantitative estimate of drug-likeness (QED) is 0.492. The zero-order chi connectivity index (χ0) is 16.1. The number of thioether (sulfide) groups is 1. The predicted octanol–water partition coefficient (Wildman–Crippen LogP) is 4.79. The Labute approximate surface area is 144 Å². The number of hydrogen-bond acceptors (Lipinski definition) is 4. The Kier molecular flexibility index (Phi) is 5.31. The number of ether oxygens (including phenoxy) is 2. The number of benzene rings is 2. The molecule has 0 aliphatic rings. The molecule has 4 nitrogen and oxygen atoms in total. The number of nitrogens with zero attached hydrogens (tertiary/aromatic N) is 1. The molecule has 0 atom stereocenters. The number of hydrogen-bond donors (Lipinski definition) is 1. The van der Waals surface area contributed by atoms with Crippen molar-refractivity contribution in [1.29, 1.82) is 0 Å². The maximum atomic E-state index is 5.84. The second-order valence-electron chi connectivity index (χ2n) is 4.80. The summed E-state index contributed by atoms with van der Waals surface area (Å²) >= 11 is 7.47. The highest BCUT2D eigenvalue weighted by atomic mass is 35.5. The molecule has 0 bridgehead atoms. The Morgan fingerprint density at radius 1 is 1.09 bits per heavy atom. The summed E-state index contributed by atoms with van der Waals surface area (Å²) in [7, 11) is 0. The van der Waals surface area contributed by atoms with E-state index >= 15 is 0 Å². The van der Waals surface area contributed by atoms with Gasteiger partial charge in [0.15, 0.2) is 5.16 Å². The largest absolute Gasteiger partial charge is 0.494 e. The van der Waals surface area contributed by atoms with Crippen LogP contribution in [-0.4, -0.2) is 28.9 Å². The summed E-state index contributed by atoms with van der Waals surface area (Å²) in [6.45, 7) is 3.23. The SMILES string of the molecule is CCOc1ccc2nc(SCCOc3ccc(Cl)cc3)[nH]c2c1. The standard InChI is InChI=1S/C17H17ClN2O2S/c1-2-21-14-7-8-15-16(11-14)20-17(19-15)23-10-9-22-13-5-3-12(18)4-6-13/h3-8,11H,2,9-10H2,1H3,(H,19,20). The van der Waals surface area contributed by atoms with Crippen molar-refractivity contribution in [2.75, 3.05) is 19.0 Å². The van der Waals surface area contributed by atoms with E-state index in [-0.39, 0.29) is 0 Å². The number of H-pyrrole nitrogens is 1. The van der Waals surface area contributed by atoms with Crippen LogP contribution in [0.1, 0.15) is 6.92 Å². The molecule has 1 N–H and O–H groups in total. The number of aromatic nitrogens is 2. The molecule has 1 heterocycles. The van der Waals surface area contributed by atoms with Crippen LogP contribution in [0, 0.1) is 0 Å². The van der Waals surface area contributed by atoms with E-state index in [1.54, 1.807) is 11.8 Å². The van der Waals surface area contributed by atoms with Gasteiger partial charge < -0.3 is 14.5 Å². The first-order valence-electron chi connectivity index (χ1n) is 7.38. The molecule has 120 valence electrons. The fourth-order valence-corrected chi connectivity index (χ4v) is 2.95. The lowest BCUT2D eigenvalue weighted by atomic mass is 10.3. The molecule has 0 saturated carbocycles. The van der Waals surface area contributed by atoms with E-state index in [1.165, 1.54) is 0 Å². The predicted molar refractivity (Wildman–Crippen MR) is 94.9 cm³/mol. The van der Waals surface area contributed by atoms with Gasteiger partial charge in [-0.3, -0.25) is 0 Å². The van der Waals surface area contributed by atoms with Crippen LogP contribution < -0.4 is 9.47 Å². The molecule has 0 radical (unpaired) electrons. The Morgan fingerprint density at radius 3 is 2.65 bits per heavy atom. The fourth-order valence-electron chi connectivity index (χ4n) is 2.12. The first-order valence-corrected chi connectivity index (χ1v) is 8.74. The normalized spacial score (nSPS) is 10.9. The van der Waals surface area contributed by atoms with Crippen LogP contribution in [0.4, 0.5) is 0 Å². The number of aromatic amines is 1. The van der Waals surface area contributed by atoms with Crippen LogP contribution >= 0.6 is 23.4 Å². The van der Waals surface area contributed by atoms with Crippen molar-refractivity contribution in [1.82, 2.24) is 9.97 Å². The van der Waals surface area contributed by atoms with E-state index in [0.717, 1.165) is 33.4 Å². The molecule has 3 rings (SSSR count). The van der Waals surface area contributed by atoms with Gasteiger partial charge >= 0.3 is 0 Å². The molecule has 0 fully saturated rings. The molecule has 2 aromatic carbocycles. The van der Waals surface area contributed by atoms with Crippen molar-refractivity contribution in [2.45, 2.75) is 12.1 Å². The summed E-state index contributed by atoms with van der Waals surface area (Å²) in [5.41, 5.74) is 1.92. The van der Waals surface area contributed by atoms with Crippen molar-refractivity contribution in [3.8, 4) is 11.5 Å². The van der Waals surface area contributed by atoms with E-state index < -0.39 is 0 Å². The summed E-state index contributed by atoms with van der Waals surface area (Å²) in [5.74, 6) is 2.48. The van der Waals surface area contributed by atoms with Gasteiger partial charge in [-0.2, -0.15) is 0 Å². The monoisotopic (exact) mass is 348 g/mol. The summed E-state index contributed by atoms with van der Waals surface area (Å²) in [5, 5.41) is 1.59. The van der Waals surface area contributed by atoms with Crippen LogP contribution in [-0.2, 0) is 0 Å². The molecule has 0 saturated heterocycles. The van der Waals surface area contributed by atoms with E-state index in [9.17, 15) is 0 Å². The summed E-state index contributed by atoms with van der Waals surface area (Å²) in [6.07, 6.45) is 0. The highest BCUT2D eigenvalue weighted by Crippen LogP contribution is 2.23. The van der Waals surface area contributed by atoms with Gasteiger partial charge in [0.1, 0.15) is 11.5 Å². The third-order valence-corrected chi connectivity index (χ3v) is 4.24. The first kappa shape index (κ1) is 16.0. The van der Waals surface area contributed by atoms with Gasteiger partial charge in [0.2, 0.25) is 0 Å². The lowest BCUT2D eigenvalue weighted by molar-refractivity contribution is 0.340. The van der Waals surface area contributed by atoms with Gasteiger partial charge in [-0.25, -0.2) is 4.98 Å². The fraction of sp³-hybridized carbons (Fsp3) is 0.235. The van der Waals surface area contributed by atoms with Crippen molar-refractivity contribution in [3.63, 3.8) is 0 Å². The maximum absolute atomic E-state index is 5.84. The average molecular weight is 349 g/mol. The molecule has 6 heteroatoms. The van der Waals surface area contributed by atoms with Gasteiger partial charge in [0, 0.05) is 16.8 Å². The number of nitrogens with one attached hydrogen (secondary N) is 1. The maximum Gasteiger partial charge on any atom is 0.166 e. The zero-order valence-electron chi connectivity index (χ0n) is 12.7. The van der Waals surface area contributed by atoms with Crippen molar-refractivity contribution in [2.24, 2.45) is 0 Å². The molecule has 0 aliphatic carbocycles. The topological polar surface area (TPSA) is 47.1 Å². The minimum atomic E-state index is 0.605. The number of imidazole rings is 1. The molecule has 1 aromatic heterocycles. The lowest BCUT2D eigenvalue weighted by Gasteiger charge is -2.04. The highest BCUT2D eigenvalue weighted by Gasteiger charge is 2.05. The molecular formula is C17H17ClN2O2S. The number of halogens is 1. The van der Waals surface area contributed by atoms with Gasteiger partial charge in [-0.05, 0) is 43.3 Å². The minimum absolute atomic E-state index is 0.605. The van der Waals surface area contributed by atoms with Crippen molar-refractivity contribution >= 4 is 34.4 Å². The Morgan fingerprint density at radius 2 is 1.87 bits per heavy atom. The van der Waals surface area contributed by atoms with E-state index in [2.05, 4.69) is 9.97 Å². The van der Waals surface area contributed by atoms with Gasteiger partial charge in [0.25, 0.3) is 0 Å². The third kappa shape index (κ3) is 4.33. The number of rotatable bonds is 7. The first-order chi connectivity index (χ1) is 11.2. The lowest BCUT2D eigenvalue weighted by Crippen LogP contribution is -2.00. The van der Waals surface area contributed by atoms with E-state index in [1.807, 2.05) is 49.4 Å². The van der Waals surface area contributed by atoms with Crippen LogP contribution in [0.3, 0.4) is 0 Å². The van der Waals surface area contributed by atoms with E-state index in [0.29, 0.717) is 18.2 Å². The second kappa shape index (κ2) is 7.62. The minimum Gasteiger partial charge on any atom is -0.494 e. The Bertz CT molecular complexity index is 774. The average Bonchev–Trinajstić information content (AvgIpc) is 2.95. The number of fused-ring (bicyclic) bond motifs is 1. The Hall–Kier alpha value is -1.85. The van der Waals surface area contributed by atoms with Gasteiger partial charge in [0.05, 0.1) is 24.2 Å². The van der Waals surface area contributed by atoms with E-state index in [4.69, 9.17) is 21.1 Å². The van der Waals surface area contributed by atoms with Gasteiger partial charge in [-0.1, -0.05) is 23.4 Å². The molecule has 0 spiro atoms. The second-order valence-corrected chi connectivity index (χ2v) is 6.32.